The first kappa shape index (κ1) is 17.9. The Bertz CT molecular complexity index is 973. The normalized spacial score (nSPS) is 20.0. The predicted molar refractivity (Wildman–Crippen MR) is 106 cm³/mol. The van der Waals surface area contributed by atoms with Crippen molar-refractivity contribution in [2.75, 3.05) is 25.1 Å². The molecule has 0 bridgehead atoms. The molecule has 0 N–H and O–H groups in total. The molecule has 1 unspecified atom stereocenters. The van der Waals surface area contributed by atoms with Crippen molar-refractivity contribution in [1.82, 2.24) is 9.97 Å². The van der Waals surface area contributed by atoms with E-state index in [0.717, 1.165) is 26.5 Å². The van der Waals surface area contributed by atoms with E-state index in [-0.39, 0.29) is 12.1 Å². The monoisotopic (exact) mass is 383 g/mol. The summed E-state index contributed by atoms with van der Waals surface area (Å²) in [7, 11) is 1.38. The second-order valence-electron chi connectivity index (χ2n) is 6.65. The number of esters is 1. The van der Waals surface area contributed by atoms with E-state index < -0.39 is 6.10 Å². The van der Waals surface area contributed by atoms with Crippen LogP contribution in [0.25, 0.3) is 20.7 Å². The topological polar surface area (TPSA) is 64.5 Å². The Morgan fingerprint density at radius 2 is 2.04 bits per heavy atom. The zero-order chi connectivity index (χ0) is 19.0. The number of hydrogen-bond acceptors (Lipinski definition) is 7. The Kier molecular flexibility index (Phi) is 4.80. The highest BCUT2D eigenvalue weighted by Gasteiger charge is 2.33. The first-order valence-corrected chi connectivity index (χ1v) is 9.68. The van der Waals surface area contributed by atoms with Crippen LogP contribution in [0.15, 0.2) is 36.4 Å². The summed E-state index contributed by atoms with van der Waals surface area (Å²) < 4.78 is 10.6. The molecule has 1 aromatic carbocycles. The quantitative estimate of drug-likeness (QED) is 0.646. The molecule has 0 saturated carbocycles. The van der Waals surface area contributed by atoms with Gasteiger partial charge in [-0.2, -0.15) is 0 Å². The molecule has 2 aromatic heterocycles. The van der Waals surface area contributed by atoms with Crippen molar-refractivity contribution < 1.29 is 14.3 Å². The van der Waals surface area contributed by atoms with E-state index in [9.17, 15) is 4.79 Å². The van der Waals surface area contributed by atoms with Crippen LogP contribution in [0.3, 0.4) is 0 Å². The van der Waals surface area contributed by atoms with Gasteiger partial charge in [0.05, 0.1) is 25.1 Å². The largest absolute Gasteiger partial charge is 0.467 e. The van der Waals surface area contributed by atoms with Crippen LogP contribution in [0.2, 0.25) is 0 Å². The summed E-state index contributed by atoms with van der Waals surface area (Å²) in [6.45, 7) is 4.93. The first-order chi connectivity index (χ1) is 13.0. The molecular weight excluding hydrogens is 362 g/mol. The molecule has 1 aliphatic rings. The van der Waals surface area contributed by atoms with Crippen LogP contribution in [-0.2, 0) is 14.3 Å². The molecule has 3 aromatic rings. The first-order valence-electron chi connectivity index (χ1n) is 8.87. The lowest BCUT2D eigenvalue weighted by molar-refractivity contribution is -0.158. The Labute approximate surface area is 161 Å². The number of nitrogens with zero attached hydrogens (tertiary/aromatic N) is 3. The zero-order valence-corrected chi connectivity index (χ0v) is 16.3. The summed E-state index contributed by atoms with van der Waals surface area (Å²) >= 11 is 1.65. The Morgan fingerprint density at radius 3 is 2.78 bits per heavy atom. The van der Waals surface area contributed by atoms with Gasteiger partial charge in [-0.05, 0) is 25.5 Å². The van der Waals surface area contributed by atoms with E-state index >= 15 is 0 Å². The van der Waals surface area contributed by atoms with E-state index in [2.05, 4.69) is 28.1 Å². The number of aryl methyl sites for hydroxylation is 1. The van der Waals surface area contributed by atoms with Crippen molar-refractivity contribution in [1.29, 1.82) is 0 Å². The molecule has 27 heavy (non-hydrogen) atoms. The minimum Gasteiger partial charge on any atom is -0.467 e. The number of rotatable bonds is 3. The third kappa shape index (κ3) is 3.52. The van der Waals surface area contributed by atoms with Crippen molar-refractivity contribution in [3.8, 4) is 10.4 Å². The smallest absolute Gasteiger partial charge is 0.336 e. The van der Waals surface area contributed by atoms with Crippen LogP contribution < -0.4 is 4.90 Å². The minimum atomic E-state index is -0.615. The van der Waals surface area contributed by atoms with E-state index in [0.29, 0.717) is 18.9 Å². The van der Waals surface area contributed by atoms with Gasteiger partial charge in [0.2, 0.25) is 0 Å². The molecule has 6 nitrogen and oxygen atoms in total. The maximum absolute atomic E-state index is 12.0. The summed E-state index contributed by atoms with van der Waals surface area (Å²) in [5.74, 6) is 1.21. The molecule has 1 aliphatic heterocycles. The molecule has 0 amide bonds. The minimum absolute atomic E-state index is 0.0969. The number of hydrogen-bond donors (Lipinski definition) is 0. The molecule has 0 spiro atoms. The molecule has 4 rings (SSSR count). The fourth-order valence-electron chi connectivity index (χ4n) is 3.38. The van der Waals surface area contributed by atoms with Gasteiger partial charge in [0.1, 0.15) is 16.5 Å². The van der Waals surface area contributed by atoms with E-state index in [1.807, 2.05) is 32.0 Å². The summed E-state index contributed by atoms with van der Waals surface area (Å²) in [5.41, 5.74) is 1.16. The van der Waals surface area contributed by atoms with Gasteiger partial charge >= 0.3 is 5.97 Å². The average Bonchev–Trinajstić information content (AvgIpc) is 3.10. The van der Waals surface area contributed by atoms with Gasteiger partial charge in [-0.3, -0.25) is 0 Å². The summed E-state index contributed by atoms with van der Waals surface area (Å²) in [4.78, 5) is 25.5. The number of morpholine rings is 1. The van der Waals surface area contributed by atoms with Gasteiger partial charge < -0.3 is 14.4 Å². The maximum atomic E-state index is 12.0. The van der Waals surface area contributed by atoms with Gasteiger partial charge in [0.25, 0.3) is 0 Å². The van der Waals surface area contributed by atoms with Crippen LogP contribution in [0.4, 0.5) is 5.82 Å². The Balaban J connectivity index is 1.76. The number of methoxy groups -OCH3 is 1. The number of ether oxygens (including phenoxy) is 2. The van der Waals surface area contributed by atoms with Crippen molar-refractivity contribution in [3.05, 3.63) is 42.2 Å². The van der Waals surface area contributed by atoms with Gasteiger partial charge in [-0.15, -0.1) is 11.3 Å². The summed E-state index contributed by atoms with van der Waals surface area (Å²) in [6, 6.07) is 12.4. The van der Waals surface area contributed by atoms with E-state index in [1.165, 1.54) is 7.11 Å². The Morgan fingerprint density at radius 1 is 1.26 bits per heavy atom. The van der Waals surface area contributed by atoms with E-state index in [4.69, 9.17) is 14.5 Å². The SMILES string of the molecule is COC(=O)C1CN(c2nc(C)nc3sc(-c4ccccc4)cc23)C[C@H](C)O1. The maximum Gasteiger partial charge on any atom is 0.336 e. The third-order valence-electron chi connectivity index (χ3n) is 4.57. The number of anilines is 1. The molecule has 140 valence electrons. The van der Waals surface area contributed by atoms with E-state index in [1.54, 1.807) is 11.3 Å². The Hall–Kier alpha value is -2.51. The van der Waals surface area contributed by atoms with Gasteiger partial charge in [-0.25, -0.2) is 14.8 Å². The molecule has 1 fully saturated rings. The van der Waals surface area contributed by atoms with Crippen molar-refractivity contribution in [3.63, 3.8) is 0 Å². The lowest BCUT2D eigenvalue weighted by Gasteiger charge is -2.36. The fourth-order valence-corrected chi connectivity index (χ4v) is 4.46. The van der Waals surface area contributed by atoms with Crippen molar-refractivity contribution >= 4 is 33.3 Å². The highest BCUT2D eigenvalue weighted by atomic mass is 32.1. The number of carbonyl (C=O) groups excluding carboxylic acids is 1. The summed E-state index contributed by atoms with van der Waals surface area (Å²) in [5, 5.41) is 1.00. The second-order valence-corrected chi connectivity index (χ2v) is 7.68. The van der Waals surface area contributed by atoms with Crippen LogP contribution in [0, 0.1) is 6.92 Å². The predicted octanol–water partition coefficient (Wildman–Crippen LogP) is 3.43. The van der Waals surface area contributed by atoms with Crippen LogP contribution in [-0.4, -0.2) is 48.3 Å². The van der Waals surface area contributed by atoms with Gasteiger partial charge in [0.15, 0.2) is 6.10 Å². The van der Waals surface area contributed by atoms with Crippen LogP contribution in [0.5, 0.6) is 0 Å². The zero-order valence-electron chi connectivity index (χ0n) is 15.5. The lowest BCUT2D eigenvalue weighted by Crippen LogP contribution is -2.50. The molecule has 2 atom stereocenters. The molecular formula is C20H21N3O3S. The van der Waals surface area contributed by atoms with Crippen molar-refractivity contribution in [2.45, 2.75) is 26.1 Å². The number of carbonyl (C=O) groups is 1. The highest BCUT2D eigenvalue weighted by Crippen LogP contribution is 2.37. The molecule has 0 radical (unpaired) electrons. The summed E-state index contributed by atoms with van der Waals surface area (Å²) in [6.07, 6.45) is -0.711. The number of aromatic nitrogens is 2. The van der Waals surface area contributed by atoms with Gasteiger partial charge in [-0.1, -0.05) is 30.3 Å². The highest BCUT2D eigenvalue weighted by molar-refractivity contribution is 7.21. The third-order valence-corrected chi connectivity index (χ3v) is 5.64. The van der Waals surface area contributed by atoms with Crippen LogP contribution >= 0.6 is 11.3 Å². The lowest BCUT2D eigenvalue weighted by atomic mass is 10.1. The van der Waals surface area contributed by atoms with Crippen molar-refractivity contribution in [2.24, 2.45) is 0 Å². The fraction of sp³-hybridized carbons (Fsp3) is 0.350. The average molecular weight is 383 g/mol. The number of fused-ring (bicyclic) bond motifs is 1. The van der Waals surface area contributed by atoms with Crippen LogP contribution in [0.1, 0.15) is 12.7 Å². The molecule has 0 aliphatic carbocycles. The van der Waals surface area contributed by atoms with Gasteiger partial charge in [0, 0.05) is 11.4 Å². The second kappa shape index (κ2) is 7.25. The standard InChI is InChI=1S/C20H21N3O3S/c1-12-10-23(11-16(26-12)20(24)25-3)18-15-9-17(14-7-5-4-6-8-14)27-19(15)22-13(2)21-18/h4-9,12,16H,10-11H2,1-3H3/t12-,16?/m0/s1. The molecule has 7 heteroatoms. The number of benzene rings is 1. The molecule has 1 saturated heterocycles. The molecule has 3 heterocycles. The number of thiophene rings is 1.